The van der Waals surface area contributed by atoms with Crippen molar-refractivity contribution in [2.75, 3.05) is 20.1 Å². The summed E-state index contributed by atoms with van der Waals surface area (Å²) in [5.74, 6) is 0.227. The van der Waals surface area contributed by atoms with Crippen LogP contribution < -0.4 is 5.32 Å². The molecule has 1 aliphatic heterocycles. The van der Waals surface area contributed by atoms with E-state index in [4.69, 9.17) is 0 Å². The number of likely N-dealkylation sites (tertiary alicyclic amines) is 1. The number of hydrogen-bond acceptors (Lipinski definition) is 4. The Kier molecular flexibility index (Phi) is 4.69. The van der Waals surface area contributed by atoms with Gasteiger partial charge in [-0.2, -0.15) is 5.10 Å². The maximum absolute atomic E-state index is 12.2. The van der Waals surface area contributed by atoms with E-state index in [1.54, 1.807) is 11.0 Å². The number of likely N-dealkylation sites (N-methyl/N-ethyl adjacent to an activating group) is 1. The second-order valence-electron chi connectivity index (χ2n) is 4.70. The van der Waals surface area contributed by atoms with Crippen LogP contribution >= 0.6 is 0 Å². The summed E-state index contributed by atoms with van der Waals surface area (Å²) in [5, 5.41) is 7.18. The van der Waals surface area contributed by atoms with E-state index in [2.05, 4.69) is 15.4 Å². The third kappa shape index (κ3) is 3.29. The lowest BCUT2D eigenvalue weighted by Gasteiger charge is -2.35. The Morgan fingerprint density at radius 3 is 3.11 bits per heavy atom. The Morgan fingerprint density at radius 2 is 2.39 bits per heavy atom. The Hall–Kier alpha value is -1.43. The number of nitrogens with zero attached hydrogens (tertiary/aromatic N) is 4. The van der Waals surface area contributed by atoms with Crippen molar-refractivity contribution in [2.45, 2.75) is 38.3 Å². The zero-order chi connectivity index (χ0) is 12.8. The number of piperidine rings is 1. The van der Waals surface area contributed by atoms with Gasteiger partial charge in [0.05, 0.1) is 6.54 Å². The first-order valence-electron chi connectivity index (χ1n) is 6.57. The van der Waals surface area contributed by atoms with E-state index < -0.39 is 0 Å². The van der Waals surface area contributed by atoms with Crippen LogP contribution in [0.15, 0.2) is 12.7 Å². The van der Waals surface area contributed by atoms with Gasteiger partial charge in [-0.3, -0.25) is 9.48 Å². The van der Waals surface area contributed by atoms with Crippen LogP contribution in [0.2, 0.25) is 0 Å². The number of nitrogens with one attached hydrogen (secondary N) is 1. The zero-order valence-electron chi connectivity index (χ0n) is 10.9. The van der Waals surface area contributed by atoms with E-state index in [1.807, 2.05) is 11.9 Å². The van der Waals surface area contributed by atoms with E-state index in [9.17, 15) is 4.79 Å². The summed E-state index contributed by atoms with van der Waals surface area (Å²) < 4.78 is 1.70. The number of carbonyl (C=O) groups is 1. The van der Waals surface area contributed by atoms with Gasteiger partial charge in [-0.1, -0.05) is 0 Å². The maximum atomic E-state index is 12.2. The Balaban J connectivity index is 1.85. The molecule has 0 spiro atoms. The number of aryl methyl sites for hydroxylation is 1. The minimum absolute atomic E-state index is 0.227. The normalized spacial score (nSPS) is 20.1. The Morgan fingerprint density at radius 1 is 1.50 bits per heavy atom. The van der Waals surface area contributed by atoms with Gasteiger partial charge in [0.2, 0.25) is 5.91 Å². The molecule has 1 unspecified atom stereocenters. The largest absolute Gasteiger partial charge is 0.338 e. The SMILES string of the molecule is CNCC1CCCCN1C(=O)CCn1cncn1. The van der Waals surface area contributed by atoms with Crippen molar-refractivity contribution in [3.63, 3.8) is 0 Å². The second kappa shape index (κ2) is 6.49. The molecule has 1 saturated heterocycles. The predicted octanol–water partition coefficient (Wildman–Crippen LogP) is 0.269. The van der Waals surface area contributed by atoms with Crippen molar-refractivity contribution >= 4 is 5.91 Å². The lowest BCUT2D eigenvalue weighted by atomic mass is 10.0. The lowest BCUT2D eigenvalue weighted by molar-refractivity contribution is -0.135. The van der Waals surface area contributed by atoms with Crippen LogP contribution in [0.3, 0.4) is 0 Å². The molecule has 0 saturated carbocycles. The highest BCUT2D eigenvalue weighted by Gasteiger charge is 2.25. The maximum Gasteiger partial charge on any atom is 0.224 e. The van der Waals surface area contributed by atoms with Gasteiger partial charge in [0.1, 0.15) is 12.7 Å². The molecular weight excluding hydrogens is 230 g/mol. The minimum Gasteiger partial charge on any atom is -0.338 e. The molecule has 18 heavy (non-hydrogen) atoms. The summed E-state index contributed by atoms with van der Waals surface area (Å²) >= 11 is 0. The monoisotopic (exact) mass is 251 g/mol. The number of rotatable bonds is 5. The number of aromatic nitrogens is 3. The molecule has 1 aliphatic rings. The summed E-state index contributed by atoms with van der Waals surface area (Å²) in [6, 6.07) is 0.354. The molecule has 2 rings (SSSR count). The molecule has 2 heterocycles. The smallest absolute Gasteiger partial charge is 0.224 e. The van der Waals surface area contributed by atoms with Gasteiger partial charge in [-0.05, 0) is 26.3 Å². The van der Waals surface area contributed by atoms with E-state index in [-0.39, 0.29) is 5.91 Å². The standard InChI is InChI=1S/C12H21N5O/c1-13-8-11-4-2-3-6-17(11)12(18)5-7-16-10-14-9-15-16/h9-11,13H,2-8H2,1H3. The highest BCUT2D eigenvalue weighted by atomic mass is 16.2. The fourth-order valence-electron chi connectivity index (χ4n) is 2.48. The highest BCUT2D eigenvalue weighted by Crippen LogP contribution is 2.17. The summed E-state index contributed by atoms with van der Waals surface area (Å²) in [6.45, 7) is 2.39. The van der Waals surface area contributed by atoms with Gasteiger partial charge in [0.25, 0.3) is 0 Å². The molecule has 100 valence electrons. The van der Waals surface area contributed by atoms with Crippen LogP contribution in [0.4, 0.5) is 0 Å². The summed E-state index contributed by atoms with van der Waals surface area (Å²) in [4.78, 5) is 18.1. The first-order valence-corrected chi connectivity index (χ1v) is 6.57. The predicted molar refractivity (Wildman–Crippen MR) is 67.9 cm³/mol. The first kappa shape index (κ1) is 13.0. The van der Waals surface area contributed by atoms with Crippen molar-refractivity contribution in [3.05, 3.63) is 12.7 Å². The van der Waals surface area contributed by atoms with E-state index >= 15 is 0 Å². The number of amides is 1. The van der Waals surface area contributed by atoms with Gasteiger partial charge >= 0.3 is 0 Å². The fraction of sp³-hybridized carbons (Fsp3) is 0.750. The molecule has 1 fully saturated rings. The fourth-order valence-corrected chi connectivity index (χ4v) is 2.48. The van der Waals surface area contributed by atoms with E-state index in [1.165, 1.54) is 12.7 Å². The van der Waals surface area contributed by atoms with Gasteiger partial charge < -0.3 is 10.2 Å². The van der Waals surface area contributed by atoms with Crippen molar-refractivity contribution in [3.8, 4) is 0 Å². The second-order valence-corrected chi connectivity index (χ2v) is 4.70. The topological polar surface area (TPSA) is 63.1 Å². The third-order valence-corrected chi connectivity index (χ3v) is 3.41. The summed E-state index contributed by atoms with van der Waals surface area (Å²) in [6.07, 6.45) is 7.09. The first-order chi connectivity index (χ1) is 8.81. The Bertz CT molecular complexity index is 363. The number of hydrogen-bond donors (Lipinski definition) is 1. The molecule has 1 aromatic rings. The van der Waals surface area contributed by atoms with Gasteiger partial charge in [-0.15, -0.1) is 0 Å². The van der Waals surface area contributed by atoms with Crippen LogP contribution in [-0.2, 0) is 11.3 Å². The molecule has 1 N–H and O–H groups in total. The number of carbonyl (C=O) groups excluding carboxylic acids is 1. The van der Waals surface area contributed by atoms with E-state index in [0.717, 1.165) is 25.9 Å². The average molecular weight is 251 g/mol. The minimum atomic E-state index is 0.227. The highest BCUT2D eigenvalue weighted by molar-refractivity contribution is 5.76. The zero-order valence-corrected chi connectivity index (χ0v) is 10.9. The van der Waals surface area contributed by atoms with Crippen molar-refractivity contribution in [1.82, 2.24) is 25.0 Å². The van der Waals surface area contributed by atoms with Crippen molar-refractivity contribution in [1.29, 1.82) is 0 Å². The molecule has 6 nitrogen and oxygen atoms in total. The molecule has 1 amide bonds. The quantitative estimate of drug-likeness (QED) is 0.816. The molecule has 0 radical (unpaired) electrons. The van der Waals surface area contributed by atoms with Gasteiger partial charge in [0.15, 0.2) is 0 Å². The van der Waals surface area contributed by atoms with Crippen LogP contribution in [-0.4, -0.2) is 51.8 Å². The molecular formula is C12H21N5O. The third-order valence-electron chi connectivity index (χ3n) is 3.41. The van der Waals surface area contributed by atoms with Crippen LogP contribution in [0.5, 0.6) is 0 Å². The Labute approximate surface area is 107 Å². The average Bonchev–Trinajstić information content (AvgIpc) is 2.90. The molecule has 0 aromatic carbocycles. The molecule has 0 bridgehead atoms. The summed E-state index contributed by atoms with van der Waals surface area (Å²) in [5.41, 5.74) is 0. The molecule has 0 aliphatic carbocycles. The molecule has 1 atom stereocenters. The van der Waals surface area contributed by atoms with Gasteiger partial charge in [-0.25, -0.2) is 4.98 Å². The van der Waals surface area contributed by atoms with Crippen LogP contribution in [0.1, 0.15) is 25.7 Å². The van der Waals surface area contributed by atoms with Crippen molar-refractivity contribution in [2.24, 2.45) is 0 Å². The van der Waals surface area contributed by atoms with Crippen LogP contribution in [0.25, 0.3) is 0 Å². The molecule has 1 aromatic heterocycles. The van der Waals surface area contributed by atoms with Crippen LogP contribution in [0, 0.1) is 0 Å². The lowest BCUT2D eigenvalue weighted by Crippen LogP contribution is -2.48. The van der Waals surface area contributed by atoms with E-state index in [0.29, 0.717) is 19.0 Å². The summed E-state index contributed by atoms with van der Waals surface area (Å²) in [7, 11) is 1.94. The van der Waals surface area contributed by atoms with Gasteiger partial charge in [0, 0.05) is 25.6 Å². The van der Waals surface area contributed by atoms with Crippen molar-refractivity contribution < 1.29 is 4.79 Å². The molecule has 6 heteroatoms.